The van der Waals surface area contributed by atoms with Gasteiger partial charge >= 0.3 is 6.09 Å². The Labute approximate surface area is 169 Å². The zero-order chi connectivity index (χ0) is 20.6. The minimum Gasteiger partial charge on any atom is -0.445 e. The van der Waals surface area contributed by atoms with Crippen LogP contribution in [0.15, 0.2) is 54.6 Å². The summed E-state index contributed by atoms with van der Waals surface area (Å²) >= 11 is 0. The molecule has 152 valence electrons. The highest BCUT2D eigenvalue weighted by Crippen LogP contribution is 2.21. The lowest BCUT2D eigenvalue weighted by atomic mass is 10.1. The van der Waals surface area contributed by atoms with Crippen LogP contribution < -0.4 is 11.1 Å². The minimum absolute atomic E-state index is 0.178. The molecule has 1 saturated heterocycles. The van der Waals surface area contributed by atoms with Crippen LogP contribution in [0.1, 0.15) is 30.4 Å². The molecule has 0 bridgehead atoms. The van der Waals surface area contributed by atoms with Gasteiger partial charge in [-0.1, -0.05) is 42.5 Å². The summed E-state index contributed by atoms with van der Waals surface area (Å²) in [5, 5.41) is 2.85. The molecule has 2 aromatic rings. The van der Waals surface area contributed by atoms with Gasteiger partial charge in [-0.2, -0.15) is 0 Å². The molecule has 0 saturated carbocycles. The van der Waals surface area contributed by atoms with Crippen LogP contribution >= 0.6 is 0 Å². The van der Waals surface area contributed by atoms with E-state index in [1.807, 2.05) is 42.5 Å². The van der Waals surface area contributed by atoms with Crippen molar-refractivity contribution in [1.82, 2.24) is 4.90 Å². The fourth-order valence-electron chi connectivity index (χ4n) is 3.31. The van der Waals surface area contributed by atoms with Crippen LogP contribution in [0.5, 0.6) is 0 Å². The zero-order valence-electron chi connectivity index (χ0n) is 16.2. The van der Waals surface area contributed by atoms with Crippen LogP contribution in [0.2, 0.25) is 0 Å². The second-order valence-corrected chi connectivity index (χ2v) is 7.04. The van der Waals surface area contributed by atoms with E-state index < -0.39 is 12.1 Å². The van der Waals surface area contributed by atoms with Crippen molar-refractivity contribution < 1.29 is 19.1 Å². The van der Waals surface area contributed by atoms with Crippen LogP contribution in [0.25, 0.3) is 0 Å². The molecular formula is C22H25N3O4. The molecule has 0 spiro atoms. The second-order valence-electron chi connectivity index (χ2n) is 7.04. The first kappa shape index (κ1) is 20.4. The average Bonchev–Trinajstić information content (AvgIpc) is 3.22. The van der Waals surface area contributed by atoms with Crippen molar-refractivity contribution in [2.75, 3.05) is 11.9 Å². The molecule has 0 radical (unpaired) electrons. The van der Waals surface area contributed by atoms with Gasteiger partial charge in [-0.05, 0) is 42.5 Å². The van der Waals surface area contributed by atoms with Crippen molar-refractivity contribution >= 4 is 23.6 Å². The molecule has 29 heavy (non-hydrogen) atoms. The number of likely N-dealkylation sites (tertiary alicyclic amines) is 1. The third-order valence-corrected chi connectivity index (χ3v) is 4.88. The highest BCUT2D eigenvalue weighted by Gasteiger charge is 2.35. The maximum absolute atomic E-state index is 12.7. The number of hydrogen-bond donors (Lipinski definition) is 2. The van der Waals surface area contributed by atoms with Crippen molar-refractivity contribution in [2.45, 2.75) is 38.3 Å². The number of carbonyl (C=O) groups is 3. The predicted octanol–water partition coefficient (Wildman–Crippen LogP) is 2.84. The summed E-state index contributed by atoms with van der Waals surface area (Å²) in [6, 6.07) is 16.1. The molecule has 1 aliphatic rings. The van der Waals surface area contributed by atoms with Gasteiger partial charge in [0.1, 0.15) is 12.6 Å². The summed E-state index contributed by atoms with van der Waals surface area (Å²) in [6.07, 6.45) is 1.72. The van der Waals surface area contributed by atoms with Crippen molar-refractivity contribution in [3.05, 3.63) is 65.7 Å². The van der Waals surface area contributed by atoms with Crippen LogP contribution in [-0.2, 0) is 27.4 Å². The Morgan fingerprint density at radius 3 is 2.45 bits per heavy atom. The van der Waals surface area contributed by atoms with Gasteiger partial charge in [0, 0.05) is 18.7 Å². The van der Waals surface area contributed by atoms with E-state index in [1.165, 1.54) is 4.90 Å². The summed E-state index contributed by atoms with van der Waals surface area (Å²) in [4.78, 5) is 37.5. The maximum atomic E-state index is 12.7. The fourth-order valence-corrected chi connectivity index (χ4v) is 3.31. The van der Waals surface area contributed by atoms with E-state index in [0.717, 1.165) is 17.5 Å². The summed E-state index contributed by atoms with van der Waals surface area (Å²) < 4.78 is 5.37. The Hall–Kier alpha value is -3.35. The standard InChI is InChI=1S/C22H25N3O4/c23-20(26)13-10-16-8-11-18(12-9-16)24-21(27)19-7-4-14-25(19)22(28)29-15-17-5-2-1-3-6-17/h1-3,5-6,8-9,11-12,19H,4,7,10,13-15H2,(H2,23,26)(H,24,27)/t19-/m1/s1. The van der Waals surface area contributed by atoms with E-state index in [2.05, 4.69) is 5.32 Å². The molecule has 1 heterocycles. The molecule has 1 fully saturated rings. The van der Waals surface area contributed by atoms with E-state index in [9.17, 15) is 14.4 Å². The minimum atomic E-state index is -0.548. The molecule has 0 aliphatic carbocycles. The topological polar surface area (TPSA) is 102 Å². The van der Waals surface area contributed by atoms with E-state index in [0.29, 0.717) is 25.1 Å². The van der Waals surface area contributed by atoms with E-state index in [4.69, 9.17) is 10.5 Å². The monoisotopic (exact) mass is 395 g/mol. The first-order valence-corrected chi connectivity index (χ1v) is 9.68. The third-order valence-electron chi connectivity index (χ3n) is 4.88. The molecule has 0 aromatic heterocycles. The Kier molecular flexibility index (Phi) is 6.84. The lowest BCUT2D eigenvalue weighted by Crippen LogP contribution is -2.43. The number of nitrogens with one attached hydrogen (secondary N) is 1. The Balaban J connectivity index is 1.53. The number of carbonyl (C=O) groups excluding carboxylic acids is 3. The number of nitrogens with two attached hydrogens (primary N) is 1. The lowest BCUT2D eigenvalue weighted by molar-refractivity contribution is -0.120. The molecule has 3 N–H and O–H groups in total. The van der Waals surface area contributed by atoms with Crippen molar-refractivity contribution in [3.8, 4) is 0 Å². The number of primary amides is 1. The van der Waals surface area contributed by atoms with Gasteiger partial charge in [-0.25, -0.2) is 4.79 Å². The SMILES string of the molecule is NC(=O)CCc1ccc(NC(=O)[C@H]2CCCN2C(=O)OCc2ccccc2)cc1. The van der Waals surface area contributed by atoms with E-state index >= 15 is 0 Å². The number of ether oxygens (including phenoxy) is 1. The summed E-state index contributed by atoms with van der Waals surface area (Å²) in [5.74, 6) is -0.577. The molecule has 3 rings (SSSR count). The Bertz CT molecular complexity index is 852. The Morgan fingerprint density at radius 1 is 1.03 bits per heavy atom. The van der Waals surface area contributed by atoms with Gasteiger partial charge in [-0.3, -0.25) is 14.5 Å². The number of hydrogen-bond acceptors (Lipinski definition) is 4. The molecule has 7 heteroatoms. The highest BCUT2D eigenvalue weighted by atomic mass is 16.6. The number of benzene rings is 2. The van der Waals surface area contributed by atoms with E-state index in [-0.39, 0.29) is 24.8 Å². The average molecular weight is 395 g/mol. The number of anilines is 1. The predicted molar refractivity (Wildman–Crippen MR) is 109 cm³/mol. The van der Waals surface area contributed by atoms with Gasteiger partial charge < -0.3 is 15.8 Å². The number of nitrogens with zero attached hydrogens (tertiary/aromatic N) is 1. The second kappa shape index (κ2) is 9.73. The normalized spacial score (nSPS) is 15.7. The zero-order valence-corrected chi connectivity index (χ0v) is 16.2. The summed E-state index contributed by atoms with van der Waals surface area (Å²) in [6.45, 7) is 0.676. The molecule has 1 atom stereocenters. The maximum Gasteiger partial charge on any atom is 0.410 e. The lowest BCUT2D eigenvalue weighted by Gasteiger charge is -2.23. The molecule has 2 aromatic carbocycles. The van der Waals surface area contributed by atoms with Gasteiger partial charge in [-0.15, -0.1) is 0 Å². The smallest absolute Gasteiger partial charge is 0.410 e. The molecule has 1 aliphatic heterocycles. The third kappa shape index (κ3) is 5.81. The highest BCUT2D eigenvalue weighted by molar-refractivity contribution is 5.96. The van der Waals surface area contributed by atoms with Gasteiger partial charge in [0.25, 0.3) is 0 Å². The molecule has 7 nitrogen and oxygen atoms in total. The van der Waals surface area contributed by atoms with E-state index in [1.54, 1.807) is 12.1 Å². The number of amides is 3. The van der Waals surface area contributed by atoms with Crippen LogP contribution in [0.3, 0.4) is 0 Å². The van der Waals surface area contributed by atoms with Crippen LogP contribution in [0.4, 0.5) is 10.5 Å². The van der Waals surface area contributed by atoms with Gasteiger partial charge in [0.05, 0.1) is 0 Å². The molecule has 0 unspecified atom stereocenters. The Morgan fingerprint density at radius 2 is 1.76 bits per heavy atom. The first-order chi connectivity index (χ1) is 14.0. The van der Waals surface area contributed by atoms with Gasteiger partial charge in [0.2, 0.25) is 11.8 Å². The number of rotatable bonds is 7. The van der Waals surface area contributed by atoms with Crippen molar-refractivity contribution in [3.63, 3.8) is 0 Å². The van der Waals surface area contributed by atoms with Crippen molar-refractivity contribution in [1.29, 1.82) is 0 Å². The number of aryl methyl sites for hydroxylation is 1. The molecular weight excluding hydrogens is 370 g/mol. The fraction of sp³-hybridized carbons (Fsp3) is 0.318. The van der Waals surface area contributed by atoms with Crippen LogP contribution in [-0.4, -0.2) is 35.4 Å². The quantitative estimate of drug-likeness (QED) is 0.752. The van der Waals surface area contributed by atoms with Crippen LogP contribution in [0, 0.1) is 0 Å². The van der Waals surface area contributed by atoms with Gasteiger partial charge in [0.15, 0.2) is 0 Å². The largest absolute Gasteiger partial charge is 0.445 e. The summed E-state index contributed by atoms with van der Waals surface area (Å²) in [7, 11) is 0. The first-order valence-electron chi connectivity index (χ1n) is 9.68. The van der Waals surface area contributed by atoms with Crippen molar-refractivity contribution in [2.24, 2.45) is 5.73 Å². The molecule has 3 amide bonds. The summed E-state index contributed by atoms with van der Waals surface area (Å²) in [5.41, 5.74) is 7.67.